The van der Waals surface area contributed by atoms with Crippen molar-refractivity contribution in [2.75, 3.05) is 5.32 Å². The fourth-order valence-electron chi connectivity index (χ4n) is 0.885. The topological polar surface area (TPSA) is 63.8 Å². The van der Waals surface area contributed by atoms with Crippen molar-refractivity contribution in [1.29, 1.82) is 0 Å². The Hall–Kier alpha value is -1.91. The maximum atomic E-state index is 4.81. The molecule has 5 heteroatoms. The van der Waals surface area contributed by atoms with Crippen LogP contribution in [0.4, 0.5) is 5.95 Å². The molecule has 0 saturated heterocycles. The Bertz CT molecular complexity index is 346. The van der Waals surface area contributed by atoms with Crippen LogP contribution in [0.5, 0.6) is 0 Å². The molecular formula is C8H8N4O. The van der Waals surface area contributed by atoms with Crippen LogP contribution < -0.4 is 5.32 Å². The van der Waals surface area contributed by atoms with Gasteiger partial charge in [0.25, 0.3) is 0 Å². The van der Waals surface area contributed by atoms with Gasteiger partial charge in [-0.3, -0.25) is 0 Å². The summed E-state index contributed by atoms with van der Waals surface area (Å²) in [5, 5.41) is 3.00. The van der Waals surface area contributed by atoms with Gasteiger partial charge in [0.15, 0.2) is 6.39 Å². The first-order valence-corrected chi connectivity index (χ1v) is 3.83. The van der Waals surface area contributed by atoms with Crippen molar-refractivity contribution < 1.29 is 4.42 Å². The Morgan fingerprint density at radius 2 is 2.08 bits per heavy atom. The first kappa shape index (κ1) is 7.72. The van der Waals surface area contributed by atoms with Crippen LogP contribution in [0.2, 0.25) is 0 Å². The summed E-state index contributed by atoms with van der Waals surface area (Å²) in [6, 6.07) is 1.77. The number of oxazole rings is 1. The quantitative estimate of drug-likeness (QED) is 0.758. The molecule has 5 nitrogen and oxygen atoms in total. The van der Waals surface area contributed by atoms with Crippen LogP contribution in [-0.2, 0) is 6.54 Å². The summed E-state index contributed by atoms with van der Waals surface area (Å²) in [5.41, 5.74) is 0.826. The van der Waals surface area contributed by atoms with E-state index in [2.05, 4.69) is 20.3 Å². The molecule has 2 heterocycles. The van der Waals surface area contributed by atoms with Gasteiger partial charge in [-0.15, -0.1) is 0 Å². The molecule has 0 aliphatic carbocycles. The van der Waals surface area contributed by atoms with E-state index in [1.165, 1.54) is 6.39 Å². The number of hydrogen-bond acceptors (Lipinski definition) is 5. The van der Waals surface area contributed by atoms with E-state index in [0.717, 1.165) is 5.69 Å². The van der Waals surface area contributed by atoms with Gasteiger partial charge in [-0.2, -0.15) is 0 Å². The lowest BCUT2D eigenvalue weighted by Gasteiger charge is -1.99. The Labute approximate surface area is 74.9 Å². The SMILES string of the molecule is c1cnc(NCc2cocn2)nc1. The van der Waals surface area contributed by atoms with Gasteiger partial charge in [0.2, 0.25) is 5.95 Å². The molecule has 1 N–H and O–H groups in total. The van der Waals surface area contributed by atoms with E-state index in [0.29, 0.717) is 12.5 Å². The third-order valence-corrected chi connectivity index (χ3v) is 1.48. The van der Waals surface area contributed by atoms with Gasteiger partial charge < -0.3 is 9.73 Å². The maximum absolute atomic E-state index is 4.81. The molecule has 2 aromatic heterocycles. The molecule has 13 heavy (non-hydrogen) atoms. The molecule has 0 radical (unpaired) electrons. The zero-order chi connectivity index (χ0) is 8.93. The van der Waals surface area contributed by atoms with Gasteiger partial charge in [-0.05, 0) is 6.07 Å². The van der Waals surface area contributed by atoms with Gasteiger partial charge in [-0.1, -0.05) is 0 Å². The normalized spacial score (nSPS) is 9.85. The summed E-state index contributed by atoms with van der Waals surface area (Å²) in [6.07, 6.45) is 6.33. The number of anilines is 1. The molecule has 0 saturated carbocycles. The molecular weight excluding hydrogens is 168 g/mol. The minimum Gasteiger partial charge on any atom is -0.451 e. The summed E-state index contributed by atoms with van der Waals surface area (Å²) >= 11 is 0. The molecule has 2 aromatic rings. The van der Waals surface area contributed by atoms with Crippen molar-refractivity contribution >= 4 is 5.95 Å². The van der Waals surface area contributed by atoms with Crippen molar-refractivity contribution in [1.82, 2.24) is 15.0 Å². The van der Waals surface area contributed by atoms with E-state index < -0.39 is 0 Å². The monoisotopic (exact) mass is 176 g/mol. The van der Waals surface area contributed by atoms with Crippen molar-refractivity contribution in [3.63, 3.8) is 0 Å². The third kappa shape index (κ3) is 2.02. The van der Waals surface area contributed by atoms with Gasteiger partial charge in [0.05, 0.1) is 12.2 Å². The zero-order valence-corrected chi connectivity index (χ0v) is 6.84. The lowest BCUT2D eigenvalue weighted by Crippen LogP contribution is -2.02. The van der Waals surface area contributed by atoms with Gasteiger partial charge in [0, 0.05) is 12.4 Å². The van der Waals surface area contributed by atoms with Crippen molar-refractivity contribution in [3.05, 3.63) is 36.8 Å². The molecule has 66 valence electrons. The fourth-order valence-corrected chi connectivity index (χ4v) is 0.885. The molecule has 0 amide bonds. The average molecular weight is 176 g/mol. The molecule has 0 spiro atoms. The highest BCUT2D eigenvalue weighted by atomic mass is 16.3. The van der Waals surface area contributed by atoms with E-state index in [4.69, 9.17) is 4.42 Å². The first-order chi connectivity index (χ1) is 6.45. The van der Waals surface area contributed by atoms with Crippen LogP contribution in [0.3, 0.4) is 0 Å². The standard InChI is InChI=1S/C8H8N4O/c1-2-9-8(10-3-1)11-4-7-5-13-6-12-7/h1-3,5-6H,4H2,(H,9,10,11). The average Bonchev–Trinajstić information content (AvgIpc) is 2.69. The number of aromatic nitrogens is 3. The predicted octanol–water partition coefficient (Wildman–Crippen LogP) is 1.08. The maximum Gasteiger partial charge on any atom is 0.222 e. The van der Waals surface area contributed by atoms with Crippen LogP contribution in [-0.4, -0.2) is 15.0 Å². The molecule has 0 fully saturated rings. The van der Waals surface area contributed by atoms with Crippen LogP contribution in [0, 0.1) is 0 Å². The molecule has 0 aliphatic rings. The molecule has 2 rings (SSSR count). The molecule has 0 aromatic carbocycles. The van der Waals surface area contributed by atoms with Gasteiger partial charge in [0.1, 0.15) is 6.26 Å². The van der Waals surface area contributed by atoms with E-state index in [1.54, 1.807) is 24.7 Å². The fraction of sp³-hybridized carbons (Fsp3) is 0.125. The number of hydrogen-bond donors (Lipinski definition) is 1. The van der Waals surface area contributed by atoms with E-state index in [9.17, 15) is 0 Å². The van der Waals surface area contributed by atoms with E-state index >= 15 is 0 Å². The number of nitrogens with zero attached hydrogens (tertiary/aromatic N) is 3. The van der Waals surface area contributed by atoms with Crippen LogP contribution in [0.25, 0.3) is 0 Å². The van der Waals surface area contributed by atoms with Crippen LogP contribution in [0.15, 0.2) is 35.5 Å². The van der Waals surface area contributed by atoms with Crippen molar-refractivity contribution in [2.24, 2.45) is 0 Å². The van der Waals surface area contributed by atoms with Crippen LogP contribution >= 0.6 is 0 Å². The smallest absolute Gasteiger partial charge is 0.222 e. The first-order valence-electron chi connectivity index (χ1n) is 3.83. The largest absolute Gasteiger partial charge is 0.451 e. The minimum atomic E-state index is 0.570. The van der Waals surface area contributed by atoms with E-state index in [-0.39, 0.29) is 0 Å². The summed E-state index contributed by atoms with van der Waals surface area (Å²) in [6.45, 7) is 0.570. The number of nitrogens with one attached hydrogen (secondary N) is 1. The van der Waals surface area contributed by atoms with Crippen molar-refractivity contribution in [2.45, 2.75) is 6.54 Å². The van der Waals surface area contributed by atoms with Crippen molar-refractivity contribution in [3.8, 4) is 0 Å². The molecule has 0 unspecified atom stereocenters. The summed E-state index contributed by atoms with van der Waals surface area (Å²) in [4.78, 5) is 11.9. The second-order valence-corrected chi connectivity index (χ2v) is 2.41. The zero-order valence-electron chi connectivity index (χ0n) is 6.84. The molecule has 0 atom stereocenters. The molecule has 0 bridgehead atoms. The highest BCUT2D eigenvalue weighted by Crippen LogP contribution is 1.99. The second kappa shape index (κ2) is 3.66. The third-order valence-electron chi connectivity index (χ3n) is 1.48. The Morgan fingerprint density at radius 1 is 1.23 bits per heavy atom. The molecule has 0 aliphatic heterocycles. The Morgan fingerprint density at radius 3 is 2.77 bits per heavy atom. The Balaban J connectivity index is 1.94. The minimum absolute atomic E-state index is 0.570. The van der Waals surface area contributed by atoms with Gasteiger partial charge >= 0.3 is 0 Å². The van der Waals surface area contributed by atoms with E-state index in [1.807, 2.05) is 0 Å². The summed E-state index contributed by atoms with van der Waals surface area (Å²) in [5.74, 6) is 0.588. The lowest BCUT2D eigenvalue weighted by molar-refractivity contribution is 0.556. The highest BCUT2D eigenvalue weighted by molar-refractivity contribution is 5.22. The number of rotatable bonds is 3. The predicted molar refractivity (Wildman–Crippen MR) is 45.9 cm³/mol. The highest BCUT2D eigenvalue weighted by Gasteiger charge is 1.96. The second-order valence-electron chi connectivity index (χ2n) is 2.41. The van der Waals surface area contributed by atoms with Crippen LogP contribution in [0.1, 0.15) is 5.69 Å². The summed E-state index contributed by atoms with van der Waals surface area (Å²) < 4.78 is 4.81. The lowest BCUT2D eigenvalue weighted by atomic mass is 10.5. The Kier molecular flexibility index (Phi) is 2.18. The summed E-state index contributed by atoms with van der Waals surface area (Å²) in [7, 11) is 0. The van der Waals surface area contributed by atoms with Gasteiger partial charge in [-0.25, -0.2) is 15.0 Å².